The van der Waals surface area contributed by atoms with Gasteiger partial charge in [-0.3, -0.25) is 0 Å². The second kappa shape index (κ2) is 8.99. The Labute approximate surface area is 159 Å². The number of fused-ring (bicyclic) bond motifs is 1. The fourth-order valence-electron chi connectivity index (χ4n) is 3.10. The third kappa shape index (κ3) is 4.47. The monoisotopic (exact) mass is 370 g/mol. The number of ether oxygens (including phenoxy) is 2. The number of aliphatic hydroxyl groups is 2. The Balaban J connectivity index is 1.67. The smallest absolute Gasteiger partial charge is 0.156 e. The van der Waals surface area contributed by atoms with Gasteiger partial charge in [-0.05, 0) is 30.7 Å². The summed E-state index contributed by atoms with van der Waals surface area (Å²) in [6.07, 6.45) is -0.285. The van der Waals surface area contributed by atoms with Gasteiger partial charge in [-0.25, -0.2) is 4.99 Å². The Morgan fingerprint density at radius 3 is 2.59 bits per heavy atom. The first-order valence-electron chi connectivity index (χ1n) is 9.16. The van der Waals surface area contributed by atoms with Gasteiger partial charge in [0.1, 0.15) is 18.2 Å². The molecule has 0 amide bonds. The van der Waals surface area contributed by atoms with E-state index in [1.54, 1.807) is 11.9 Å². The molecule has 27 heavy (non-hydrogen) atoms. The molecule has 0 radical (unpaired) electrons. The molecule has 2 aromatic carbocycles. The highest BCUT2D eigenvalue weighted by molar-refractivity contribution is 5.88. The highest BCUT2D eigenvalue weighted by Crippen LogP contribution is 2.32. The van der Waals surface area contributed by atoms with Gasteiger partial charge in [0, 0.05) is 32.2 Å². The van der Waals surface area contributed by atoms with Crippen LogP contribution >= 0.6 is 0 Å². The normalized spacial score (nSPS) is 17.3. The molecular weight excluding hydrogens is 344 g/mol. The maximum absolute atomic E-state index is 10.5. The SMILES string of the molecule is CCOC(CCO)c1ccc(OCC2=Nc3ccccc3C(O)N2C)cc1. The molecule has 0 aromatic heterocycles. The Morgan fingerprint density at radius 1 is 1.15 bits per heavy atom. The Kier molecular flexibility index (Phi) is 6.45. The third-order valence-electron chi connectivity index (χ3n) is 4.62. The van der Waals surface area contributed by atoms with E-state index in [0.717, 1.165) is 16.8 Å². The zero-order chi connectivity index (χ0) is 19.2. The van der Waals surface area contributed by atoms with Gasteiger partial charge < -0.3 is 24.6 Å². The molecule has 0 saturated carbocycles. The van der Waals surface area contributed by atoms with Crippen LogP contribution in [0.15, 0.2) is 53.5 Å². The predicted octanol–water partition coefficient (Wildman–Crippen LogP) is 3.19. The summed E-state index contributed by atoms with van der Waals surface area (Å²) in [6.45, 7) is 2.88. The van der Waals surface area contributed by atoms with Crippen LogP contribution in [0.25, 0.3) is 0 Å². The van der Waals surface area contributed by atoms with Crippen LogP contribution in [0.3, 0.4) is 0 Å². The lowest BCUT2D eigenvalue weighted by atomic mass is 10.1. The first-order chi connectivity index (χ1) is 13.1. The molecule has 144 valence electrons. The number of para-hydroxylation sites is 1. The van der Waals surface area contributed by atoms with Crippen LogP contribution in [0.1, 0.15) is 36.8 Å². The molecule has 3 rings (SSSR count). The maximum atomic E-state index is 10.5. The molecule has 1 heterocycles. The van der Waals surface area contributed by atoms with Gasteiger partial charge in [0.05, 0.1) is 11.8 Å². The average Bonchev–Trinajstić information content (AvgIpc) is 2.70. The van der Waals surface area contributed by atoms with E-state index in [1.807, 2.05) is 55.5 Å². The van der Waals surface area contributed by atoms with Gasteiger partial charge in [-0.1, -0.05) is 30.3 Å². The van der Waals surface area contributed by atoms with Crippen LogP contribution in [0, 0.1) is 0 Å². The lowest BCUT2D eigenvalue weighted by Crippen LogP contribution is -2.37. The summed E-state index contributed by atoms with van der Waals surface area (Å²) < 4.78 is 11.5. The van der Waals surface area contributed by atoms with Gasteiger partial charge in [-0.2, -0.15) is 0 Å². The van der Waals surface area contributed by atoms with Crippen molar-refractivity contribution in [3.8, 4) is 5.75 Å². The van der Waals surface area contributed by atoms with Crippen molar-refractivity contribution in [3.63, 3.8) is 0 Å². The van der Waals surface area contributed by atoms with Crippen molar-refractivity contribution in [2.45, 2.75) is 25.7 Å². The summed E-state index contributed by atoms with van der Waals surface area (Å²) in [4.78, 5) is 6.31. The Hall–Kier alpha value is -2.41. The van der Waals surface area contributed by atoms with Crippen LogP contribution in [0.5, 0.6) is 5.75 Å². The van der Waals surface area contributed by atoms with E-state index in [2.05, 4.69) is 4.99 Å². The molecular formula is C21H26N2O4. The first kappa shape index (κ1) is 19.4. The van der Waals surface area contributed by atoms with Crippen molar-refractivity contribution >= 4 is 11.5 Å². The minimum absolute atomic E-state index is 0.0822. The van der Waals surface area contributed by atoms with Crippen LogP contribution in [0.2, 0.25) is 0 Å². The number of benzene rings is 2. The van der Waals surface area contributed by atoms with Crippen molar-refractivity contribution in [1.82, 2.24) is 4.90 Å². The van der Waals surface area contributed by atoms with E-state index in [-0.39, 0.29) is 19.3 Å². The van der Waals surface area contributed by atoms with E-state index in [1.165, 1.54) is 0 Å². The number of aliphatic imine (C=N–C) groups is 1. The molecule has 0 aliphatic carbocycles. The maximum Gasteiger partial charge on any atom is 0.156 e. The minimum atomic E-state index is -0.731. The summed E-state index contributed by atoms with van der Waals surface area (Å²) in [5.41, 5.74) is 2.56. The number of nitrogens with zero attached hydrogens (tertiary/aromatic N) is 2. The molecule has 0 bridgehead atoms. The quantitative estimate of drug-likeness (QED) is 0.746. The Morgan fingerprint density at radius 2 is 1.89 bits per heavy atom. The number of amidine groups is 1. The van der Waals surface area contributed by atoms with E-state index >= 15 is 0 Å². The van der Waals surface area contributed by atoms with E-state index in [0.29, 0.717) is 24.6 Å². The summed E-state index contributed by atoms with van der Waals surface area (Å²) >= 11 is 0. The largest absolute Gasteiger partial charge is 0.486 e. The molecule has 6 nitrogen and oxygen atoms in total. The summed E-state index contributed by atoms with van der Waals surface area (Å²) in [5, 5.41) is 19.6. The molecule has 0 spiro atoms. The second-order valence-electron chi connectivity index (χ2n) is 6.39. The molecule has 0 saturated heterocycles. The van der Waals surface area contributed by atoms with Crippen LogP contribution in [0.4, 0.5) is 5.69 Å². The van der Waals surface area contributed by atoms with E-state index in [4.69, 9.17) is 9.47 Å². The van der Waals surface area contributed by atoms with Crippen LogP contribution in [-0.4, -0.2) is 47.8 Å². The van der Waals surface area contributed by atoms with Gasteiger partial charge in [0.2, 0.25) is 0 Å². The molecule has 2 atom stereocenters. The molecule has 2 unspecified atom stereocenters. The van der Waals surface area contributed by atoms with Crippen molar-refractivity contribution in [3.05, 3.63) is 59.7 Å². The van der Waals surface area contributed by atoms with E-state index in [9.17, 15) is 10.2 Å². The van der Waals surface area contributed by atoms with Crippen molar-refractivity contribution in [2.24, 2.45) is 4.99 Å². The summed E-state index contributed by atoms with van der Waals surface area (Å²) in [7, 11) is 1.80. The molecule has 1 aliphatic heterocycles. The van der Waals surface area contributed by atoms with Crippen molar-refractivity contribution in [2.75, 3.05) is 26.9 Å². The standard InChI is InChI=1S/C21H26N2O4/c1-3-26-19(12-13-24)15-8-10-16(11-9-15)27-14-20-22-18-7-5-4-6-17(18)21(25)23(20)2/h4-11,19,21,24-25H,3,12-14H2,1-2H3. The number of likely N-dealkylation sites (N-methyl/N-ethyl adjacent to an activating group) is 1. The van der Waals surface area contributed by atoms with E-state index < -0.39 is 6.23 Å². The zero-order valence-corrected chi connectivity index (χ0v) is 15.7. The average molecular weight is 370 g/mol. The third-order valence-corrected chi connectivity index (χ3v) is 4.62. The first-order valence-corrected chi connectivity index (χ1v) is 9.16. The highest BCUT2D eigenvalue weighted by Gasteiger charge is 2.25. The van der Waals surface area contributed by atoms with Gasteiger partial charge in [0.15, 0.2) is 6.23 Å². The number of aliphatic hydroxyl groups excluding tert-OH is 2. The molecule has 1 aliphatic rings. The minimum Gasteiger partial charge on any atom is -0.486 e. The highest BCUT2D eigenvalue weighted by atomic mass is 16.5. The van der Waals surface area contributed by atoms with Gasteiger partial charge >= 0.3 is 0 Å². The van der Waals surface area contributed by atoms with Crippen LogP contribution in [-0.2, 0) is 4.74 Å². The number of rotatable bonds is 8. The predicted molar refractivity (Wildman–Crippen MR) is 104 cm³/mol. The van der Waals surface area contributed by atoms with Crippen LogP contribution < -0.4 is 4.74 Å². The fourth-order valence-corrected chi connectivity index (χ4v) is 3.10. The number of hydrogen-bond acceptors (Lipinski definition) is 6. The number of hydrogen-bond donors (Lipinski definition) is 2. The summed E-state index contributed by atoms with van der Waals surface area (Å²) in [6, 6.07) is 15.2. The van der Waals surface area contributed by atoms with Gasteiger partial charge in [0.25, 0.3) is 0 Å². The lowest BCUT2D eigenvalue weighted by Gasteiger charge is -2.31. The topological polar surface area (TPSA) is 74.5 Å². The van der Waals surface area contributed by atoms with Crippen molar-refractivity contribution < 1.29 is 19.7 Å². The second-order valence-corrected chi connectivity index (χ2v) is 6.39. The van der Waals surface area contributed by atoms with Gasteiger partial charge in [-0.15, -0.1) is 0 Å². The van der Waals surface area contributed by atoms with Crippen molar-refractivity contribution in [1.29, 1.82) is 0 Å². The molecule has 0 fully saturated rings. The molecule has 2 N–H and O–H groups in total. The Bertz CT molecular complexity index is 770. The molecule has 6 heteroatoms. The zero-order valence-electron chi connectivity index (χ0n) is 15.7. The molecule has 2 aromatic rings. The fraction of sp³-hybridized carbons (Fsp3) is 0.381. The lowest BCUT2D eigenvalue weighted by molar-refractivity contribution is 0.0431. The summed E-state index contributed by atoms with van der Waals surface area (Å²) in [5.74, 6) is 1.38.